The number of nitrogens with one attached hydrogen (secondary N) is 1. The second-order valence-corrected chi connectivity index (χ2v) is 6.50. The summed E-state index contributed by atoms with van der Waals surface area (Å²) in [4.78, 5) is 16.9. The van der Waals surface area contributed by atoms with Crippen LogP contribution in [0.4, 0.5) is 5.82 Å². The molecule has 2 aromatic carbocycles. The van der Waals surface area contributed by atoms with E-state index < -0.39 is 0 Å². The monoisotopic (exact) mass is 369 g/mol. The Morgan fingerprint density at radius 2 is 2.15 bits per heavy atom. The molecule has 2 heterocycles. The molecule has 1 aromatic heterocycles. The molecule has 26 heavy (non-hydrogen) atoms. The van der Waals surface area contributed by atoms with E-state index in [-0.39, 0.29) is 24.0 Å². The van der Waals surface area contributed by atoms with Crippen LogP contribution in [0.15, 0.2) is 48.8 Å². The molecule has 6 nitrogen and oxygen atoms in total. The van der Waals surface area contributed by atoms with Crippen LogP contribution in [0, 0.1) is 0 Å². The Balaban J connectivity index is 1.81. The molecule has 0 spiro atoms. The molecule has 0 saturated carbocycles. The number of anilines is 1. The molecular formula is C19H16ClN3O3. The Hall–Kier alpha value is -2.99. The zero-order valence-electron chi connectivity index (χ0n) is 13.9. The highest BCUT2D eigenvalue weighted by Crippen LogP contribution is 2.40. The van der Waals surface area contributed by atoms with Gasteiger partial charge >= 0.3 is 0 Å². The lowest BCUT2D eigenvalue weighted by molar-refractivity contribution is -0.116. The van der Waals surface area contributed by atoms with Crippen molar-refractivity contribution in [1.29, 1.82) is 0 Å². The maximum atomic E-state index is 12.3. The summed E-state index contributed by atoms with van der Waals surface area (Å²) in [6, 6.07) is 12.4. The van der Waals surface area contributed by atoms with Gasteiger partial charge in [0, 0.05) is 23.0 Å². The number of halogens is 1. The van der Waals surface area contributed by atoms with Gasteiger partial charge in [-0.3, -0.25) is 9.36 Å². The number of phenols is 1. The van der Waals surface area contributed by atoms with Gasteiger partial charge in [0.15, 0.2) is 11.5 Å². The van der Waals surface area contributed by atoms with Gasteiger partial charge in [-0.25, -0.2) is 4.98 Å². The van der Waals surface area contributed by atoms with Crippen molar-refractivity contribution in [1.82, 2.24) is 9.55 Å². The lowest BCUT2D eigenvalue weighted by Crippen LogP contribution is -2.24. The molecule has 1 unspecified atom stereocenters. The smallest absolute Gasteiger partial charge is 0.226 e. The van der Waals surface area contributed by atoms with Gasteiger partial charge in [0.2, 0.25) is 5.91 Å². The van der Waals surface area contributed by atoms with Crippen molar-refractivity contribution in [3.8, 4) is 17.2 Å². The van der Waals surface area contributed by atoms with E-state index in [4.69, 9.17) is 16.3 Å². The van der Waals surface area contributed by atoms with Crippen LogP contribution in [0.25, 0.3) is 5.69 Å². The maximum absolute atomic E-state index is 12.3. The molecular weight excluding hydrogens is 354 g/mol. The molecule has 0 fully saturated rings. The Morgan fingerprint density at radius 1 is 1.31 bits per heavy atom. The third kappa shape index (κ3) is 2.78. The number of carbonyl (C=O) groups excluding carboxylic acids is 1. The van der Waals surface area contributed by atoms with Gasteiger partial charge < -0.3 is 15.2 Å². The van der Waals surface area contributed by atoms with Gasteiger partial charge in [-0.05, 0) is 35.9 Å². The van der Waals surface area contributed by atoms with Gasteiger partial charge in [-0.1, -0.05) is 23.7 Å². The fraction of sp³-hybridized carbons (Fsp3) is 0.158. The fourth-order valence-electron chi connectivity index (χ4n) is 3.22. The van der Waals surface area contributed by atoms with Crippen LogP contribution in [0.5, 0.6) is 11.5 Å². The number of methoxy groups -OCH3 is 1. The highest BCUT2D eigenvalue weighted by molar-refractivity contribution is 6.30. The predicted octanol–water partition coefficient (Wildman–Crippen LogP) is 3.71. The van der Waals surface area contributed by atoms with Crippen molar-refractivity contribution in [2.45, 2.75) is 12.3 Å². The molecule has 1 aliphatic rings. The second kappa shape index (κ2) is 6.38. The molecule has 1 atom stereocenters. The topological polar surface area (TPSA) is 76.4 Å². The van der Waals surface area contributed by atoms with Crippen LogP contribution in [0.2, 0.25) is 5.02 Å². The number of carbonyl (C=O) groups is 1. The van der Waals surface area contributed by atoms with Gasteiger partial charge in [0.25, 0.3) is 0 Å². The molecule has 7 heteroatoms. The number of hydrogen-bond acceptors (Lipinski definition) is 4. The summed E-state index contributed by atoms with van der Waals surface area (Å²) < 4.78 is 7.00. The Kier molecular flexibility index (Phi) is 4.05. The Morgan fingerprint density at radius 3 is 2.92 bits per heavy atom. The van der Waals surface area contributed by atoms with Gasteiger partial charge in [0.1, 0.15) is 12.1 Å². The third-order valence-electron chi connectivity index (χ3n) is 4.47. The summed E-state index contributed by atoms with van der Waals surface area (Å²) >= 11 is 6.09. The number of amides is 1. The maximum Gasteiger partial charge on any atom is 0.226 e. The molecule has 4 rings (SSSR count). The number of rotatable bonds is 3. The molecule has 0 aliphatic carbocycles. The summed E-state index contributed by atoms with van der Waals surface area (Å²) in [6.45, 7) is 0. The standard InChI is InChI=1S/C19H16ClN3O3/c1-26-16-7-11(5-6-15(16)24)14-9-17(25)22-19-18(14)21-10-23(19)13-4-2-3-12(20)8-13/h2-8,10,14,24H,9H2,1H3,(H,22,25). The van der Waals surface area contributed by atoms with E-state index in [9.17, 15) is 9.90 Å². The molecule has 132 valence electrons. The predicted molar refractivity (Wildman–Crippen MR) is 98.3 cm³/mol. The molecule has 2 N–H and O–H groups in total. The van der Waals surface area contributed by atoms with Crippen LogP contribution in [-0.4, -0.2) is 27.7 Å². The second-order valence-electron chi connectivity index (χ2n) is 6.06. The van der Waals surface area contributed by atoms with Crippen molar-refractivity contribution in [3.05, 3.63) is 65.1 Å². The van der Waals surface area contributed by atoms with Crippen molar-refractivity contribution in [2.24, 2.45) is 0 Å². The highest BCUT2D eigenvalue weighted by Gasteiger charge is 2.31. The van der Waals surface area contributed by atoms with Crippen molar-refractivity contribution >= 4 is 23.3 Å². The minimum absolute atomic E-state index is 0.0567. The number of hydrogen-bond donors (Lipinski definition) is 2. The highest BCUT2D eigenvalue weighted by atomic mass is 35.5. The number of nitrogens with zero attached hydrogens (tertiary/aromatic N) is 2. The summed E-state index contributed by atoms with van der Waals surface area (Å²) in [5.41, 5.74) is 2.43. The number of fused-ring (bicyclic) bond motifs is 1. The van der Waals surface area contributed by atoms with Gasteiger partial charge in [0.05, 0.1) is 12.8 Å². The number of ether oxygens (including phenoxy) is 1. The SMILES string of the molecule is COc1cc(C2CC(=O)Nc3c2ncn3-c2cccc(Cl)c2)ccc1O. The lowest BCUT2D eigenvalue weighted by atomic mass is 9.89. The average Bonchev–Trinajstić information content (AvgIpc) is 3.05. The van der Waals surface area contributed by atoms with Crippen LogP contribution < -0.4 is 10.1 Å². The third-order valence-corrected chi connectivity index (χ3v) is 4.70. The summed E-state index contributed by atoms with van der Waals surface area (Å²) in [5, 5.41) is 13.3. The minimum Gasteiger partial charge on any atom is -0.504 e. The molecule has 1 amide bonds. The van der Waals surface area contributed by atoms with E-state index in [1.54, 1.807) is 30.6 Å². The number of phenolic OH excluding ortho intramolecular Hbond substituents is 1. The van der Waals surface area contributed by atoms with Crippen molar-refractivity contribution in [3.63, 3.8) is 0 Å². The van der Waals surface area contributed by atoms with Crippen LogP contribution in [0.3, 0.4) is 0 Å². The largest absolute Gasteiger partial charge is 0.504 e. The number of aromatic hydroxyl groups is 1. The fourth-order valence-corrected chi connectivity index (χ4v) is 3.40. The van der Waals surface area contributed by atoms with E-state index in [1.165, 1.54) is 7.11 Å². The van der Waals surface area contributed by atoms with Gasteiger partial charge in [-0.2, -0.15) is 0 Å². The van der Waals surface area contributed by atoms with E-state index in [1.807, 2.05) is 22.8 Å². The number of aromatic nitrogens is 2. The van der Waals surface area contributed by atoms with E-state index >= 15 is 0 Å². The van der Waals surface area contributed by atoms with Crippen LogP contribution >= 0.6 is 11.6 Å². The first-order chi connectivity index (χ1) is 12.6. The van der Waals surface area contributed by atoms with Crippen molar-refractivity contribution in [2.75, 3.05) is 12.4 Å². The Bertz CT molecular complexity index is 999. The normalized spacial score (nSPS) is 16.1. The van der Waals surface area contributed by atoms with E-state index in [2.05, 4.69) is 10.3 Å². The summed E-state index contributed by atoms with van der Waals surface area (Å²) in [5.74, 6) is 0.720. The van der Waals surface area contributed by atoms with Crippen LogP contribution in [-0.2, 0) is 4.79 Å². The lowest BCUT2D eigenvalue weighted by Gasteiger charge is -2.23. The van der Waals surface area contributed by atoms with E-state index in [0.717, 1.165) is 16.9 Å². The van der Waals surface area contributed by atoms with Crippen molar-refractivity contribution < 1.29 is 14.6 Å². The molecule has 0 bridgehead atoms. The number of imidazole rings is 1. The number of benzene rings is 2. The summed E-state index contributed by atoms with van der Waals surface area (Å²) in [7, 11) is 1.49. The first-order valence-corrected chi connectivity index (χ1v) is 8.44. The first kappa shape index (κ1) is 16.5. The molecule has 0 saturated heterocycles. The zero-order valence-corrected chi connectivity index (χ0v) is 14.7. The quantitative estimate of drug-likeness (QED) is 0.737. The molecule has 0 radical (unpaired) electrons. The van der Waals surface area contributed by atoms with E-state index in [0.29, 0.717) is 16.6 Å². The Labute approximate surface area is 155 Å². The average molecular weight is 370 g/mol. The summed E-state index contributed by atoms with van der Waals surface area (Å²) in [6.07, 6.45) is 1.94. The first-order valence-electron chi connectivity index (χ1n) is 8.06. The zero-order chi connectivity index (χ0) is 18.3. The van der Waals surface area contributed by atoms with Gasteiger partial charge in [-0.15, -0.1) is 0 Å². The molecule has 1 aliphatic heterocycles. The molecule has 3 aromatic rings. The van der Waals surface area contributed by atoms with Crippen LogP contribution in [0.1, 0.15) is 23.6 Å². The minimum atomic E-state index is -0.228.